The van der Waals surface area contributed by atoms with E-state index in [1.165, 1.54) is 9.13 Å². The van der Waals surface area contributed by atoms with Crippen LogP contribution in [-0.2, 0) is 16.2 Å². The van der Waals surface area contributed by atoms with Crippen molar-refractivity contribution in [3.63, 3.8) is 0 Å². The fourth-order valence-electron chi connectivity index (χ4n) is 16.6. The van der Waals surface area contributed by atoms with Crippen molar-refractivity contribution in [3.05, 3.63) is 356 Å². The van der Waals surface area contributed by atoms with E-state index in [4.69, 9.17) is 0 Å². The number of anilines is 6. The Hall–Kier alpha value is -11.9. The first-order valence-corrected chi connectivity index (χ1v) is 41.5. The molecule has 0 aliphatic carbocycles. The maximum atomic E-state index is 12.1. The van der Waals surface area contributed by atoms with Gasteiger partial charge in [-0.25, -0.2) is 0 Å². The van der Waals surface area contributed by atoms with Gasteiger partial charge in [-0.1, -0.05) is 0 Å². The molecular formula is C106H83BN4Se2. The van der Waals surface area contributed by atoms with Crippen LogP contribution in [-0.4, -0.2) is 44.9 Å². The molecule has 113 heavy (non-hydrogen) atoms. The standard InChI is InChI=1S/C106H83BN4Se2/c1-104(2,3)74-58-81(68-36-20-12-21-37-68)100(82(59-74)69-38-22-13-23-39-69)110-91-64-77(108-89-54-48-72(66-32-16-10-17-33-66)56-85(89)97-79-44-28-30-46-95(79)112-102(97)108)50-52-87(91)107-88-53-51-78(109-90-55-49-73(67-34-18-11-19-35-67)57-86(90)98-80-45-29-31-47-96(80)113-103(98)109)65-92(88)111(94-63-76(106(7,8)9)62-93(110)99(94)107)101-83(70-40-24-14-25-41-70)60-75(105(4,5)6)61-84(101)71-42-26-15-27-43-71/h10-65H,1-9H3/i28D,29D,30D,31D,44D,45D,46D,47D,48D,49D,50D,51D,52D,53D,54D,55D,56D,57D,64D,65D. The molecule has 19 aromatic rings. The maximum absolute atomic E-state index is 12.1. The van der Waals surface area contributed by atoms with Gasteiger partial charge < -0.3 is 0 Å². The summed E-state index contributed by atoms with van der Waals surface area (Å²) in [6, 6.07) is 61.1. The van der Waals surface area contributed by atoms with E-state index in [-0.39, 0.29) is 142 Å². The molecule has 0 spiro atoms. The predicted octanol–water partition coefficient (Wildman–Crippen LogP) is 26.3. The van der Waals surface area contributed by atoms with E-state index in [2.05, 4.69) is 98.7 Å². The molecule has 0 saturated carbocycles. The second kappa shape index (κ2) is 26.4. The molecule has 0 amide bonds. The first-order valence-electron chi connectivity index (χ1n) is 48.0. The van der Waals surface area contributed by atoms with Crippen molar-refractivity contribution in [2.75, 3.05) is 9.80 Å². The predicted molar refractivity (Wildman–Crippen MR) is 487 cm³/mol. The van der Waals surface area contributed by atoms with Crippen LogP contribution in [0.25, 0.3) is 139 Å². The van der Waals surface area contributed by atoms with Gasteiger partial charge in [0.05, 0.1) is 0 Å². The molecule has 542 valence electrons. The van der Waals surface area contributed by atoms with E-state index >= 15 is 0 Å². The first kappa shape index (κ1) is 50.9. The third kappa shape index (κ3) is 11.3. The van der Waals surface area contributed by atoms with Crippen LogP contribution < -0.4 is 26.2 Å². The molecule has 0 atom stereocenters. The van der Waals surface area contributed by atoms with Crippen molar-refractivity contribution in [2.45, 2.75) is 78.6 Å². The van der Waals surface area contributed by atoms with E-state index in [1.54, 1.807) is 60.7 Å². The summed E-state index contributed by atoms with van der Waals surface area (Å²) in [5.41, 5.74) is 8.55. The molecule has 0 fully saturated rings. The van der Waals surface area contributed by atoms with Crippen molar-refractivity contribution in [1.82, 2.24) is 9.13 Å². The molecule has 6 heterocycles. The molecule has 0 radical (unpaired) electrons. The van der Waals surface area contributed by atoms with Gasteiger partial charge >= 0.3 is 706 Å². The van der Waals surface area contributed by atoms with Gasteiger partial charge in [0.15, 0.2) is 0 Å². The Balaban J connectivity index is 1.02. The summed E-state index contributed by atoms with van der Waals surface area (Å²) < 4.78 is 213. The van der Waals surface area contributed by atoms with Crippen LogP contribution >= 0.6 is 0 Å². The van der Waals surface area contributed by atoms with Gasteiger partial charge in [-0.2, -0.15) is 0 Å². The SMILES string of the molecule is [2H]c1c([2H])c(-n2c3[se]c4c([2H])c([2H])c([2H])c([2H])c4c3c3c([2H])c(-c4ccccc4)c([2H])c([2H])c32)c([2H])c2c1B1c3c(cc(C(C)(C)C)cc3N(c3c(-c4ccccc4)cc(C(C)(C)C)cc3-c3ccccc3)c3c([2H])c(-n4c5[se]c6c([2H])c([2H])c([2H])c([2H])c6c5c5c([2H])c(-c6ccccc6)c([2H])c([2H])c54)c([2H])c([2H])c31)N2c1c(-c2ccccc2)cc(C(C)(C)C)cc1-c1ccccc1. The zero-order chi connectivity index (χ0) is 93.7. The molecule has 0 N–H and O–H groups in total. The molecule has 0 bridgehead atoms. The summed E-state index contributed by atoms with van der Waals surface area (Å²) in [5.74, 6) is 0. The van der Waals surface area contributed by atoms with Crippen LogP contribution in [0.2, 0.25) is 0 Å². The van der Waals surface area contributed by atoms with Crippen LogP contribution in [0.3, 0.4) is 0 Å². The number of fused-ring (bicyclic) bond motifs is 14. The molecular weight excluding hydrogens is 1500 g/mol. The summed E-state index contributed by atoms with van der Waals surface area (Å²) in [6.45, 7) is 17.6. The van der Waals surface area contributed by atoms with E-state index in [0.717, 1.165) is 33.4 Å². The van der Waals surface area contributed by atoms with Crippen LogP contribution in [0.4, 0.5) is 34.1 Å². The zero-order valence-corrected chi connectivity index (χ0v) is 66.9. The van der Waals surface area contributed by atoms with Gasteiger partial charge in [0.25, 0.3) is 0 Å². The van der Waals surface area contributed by atoms with Gasteiger partial charge in [0.1, 0.15) is 0 Å². The van der Waals surface area contributed by atoms with E-state index in [9.17, 15) is 27.4 Å². The fraction of sp³-hybridized carbons (Fsp3) is 0.113. The zero-order valence-electron chi connectivity index (χ0n) is 83.5. The Morgan fingerprint density at radius 2 is 0.619 bits per heavy atom. The molecule has 2 aliphatic rings. The Bertz CT molecular complexity index is 7710. The Kier molecular flexibility index (Phi) is 11.9. The van der Waals surface area contributed by atoms with Gasteiger partial charge in [0, 0.05) is 0 Å². The number of benzene rings is 15. The first-order chi connectivity index (χ1) is 63.3. The fourth-order valence-corrected chi connectivity index (χ4v) is 21.4. The van der Waals surface area contributed by atoms with E-state index in [0.29, 0.717) is 67.2 Å². The summed E-state index contributed by atoms with van der Waals surface area (Å²) in [4.78, 5) is 4.05. The molecule has 4 aromatic heterocycles. The minimum atomic E-state index is -1.55. The number of nitrogens with zero attached hydrogens (tertiary/aromatic N) is 4. The Labute approximate surface area is 701 Å². The molecule has 0 saturated heterocycles. The monoisotopic (exact) mass is 1600 g/mol. The third-order valence-corrected chi connectivity index (χ3v) is 26.9. The number of rotatable bonds is 10. The van der Waals surface area contributed by atoms with Gasteiger partial charge in [-0.3, -0.25) is 0 Å². The molecule has 21 rings (SSSR count). The van der Waals surface area contributed by atoms with Gasteiger partial charge in [-0.05, 0) is 0 Å². The Morgan fingerprint density at radius 3 is 0.956 bits per heavy atom. The average molecular weight is 1600 g/mol. The summed E-state index contributed by atoms with van der Waals surface area (Å²) in [6.07, 6.45) is 0. The van der Waals surface area contributed by atoms with Crippen molar-refractivity contribution < 1.29 is 27.4 Å². The quantitative estimate of drug-likeness (QED) is 0.127. The average Bonchev–Trinajstić information content (AvgIpc) is 1.46. The molecule has 15 aromatic carbocycles. The van der Waals surface area contributed by atoms with Crippen molar-refractivity contribution in [3.8, 4) is 78.1 Å². The summed E-state index contributed by atoms with van der Waals surface area (Å²) in [7, 11) is 0. The van der Waals surface area contributed by atoms with Gasteiger partial charge in [-0.15, -0.1) is 0 Å². The van der Waals surface area contributed by atoms with Crippen LogP contribution in [0.5, 0.6) is 0 Å². The van der Waals surface area contributed by atoms with E-state index in [1.807, 2.05) is 131 Å². The summed E-state index contributed by atoms with van der Waals surface area (Å²) >= 11 is -2.38. The molecule has 4 nitrogen and oxygen atoms in total. The second-order valence-corrected chi connectivity index (χ2v) is 36.6. The minimum absolute atomic E-state index is 0.0186. The number of hydrogen-bond acceptors (Lipinski definition) is 2. The van der Waals surface area contributed by atoms with E-state index < -0.39 is 137 Å². The van der Waals surface area contributed by atoms with Crippen molar-refractivity contribution >= 4 is 147 Å². The molecule has 2 aliphatic heterocycles. The Morgan fingerprint density at radius 1 is 0.301 bits per heavy atom. The van der Waals surface area contributed by atoms with Crippen LogP contribution in [0.15, 0.2) is 339 Å². The van der Waals surface area contributed by atoms with Crippen molar-refractivity contribution in [1.29, 1.82) is 0 Å². The van der Waals surface area contributed by atoms with Gasteiger partial charge in [0.2, 0.25) is 0 Å². The number of hydrogen-bond donors (Lipinski definition) is 0. The number of aromatic nitrogens is 2. The molecule has 0 unspecified atom stereocenters. The molecule has 7 heteroatoms. The topological polar surface area (TPSA) is 16.3 Å². The normalized spacial score (nSPS) is 15.4. The third-order valence-electron chi connectivity index (χ3n) is 22.3. The second-order valence-electron chi connectivity index (χ2n) is 32.4. The van der Waals surface area contributed by atoms with Crippen LogP contribution in [0, 0.1) is 0 Å². The van der Waals surface area contributed by atoms with Crippen molar-refractivity contribution in [2.24, 2.45) is 0 Å². The summed E-state index contributed by atoms with van der Waals surface area (Å²) in [5, 5.41) is 0.529. The van der Waals surface area contributed by atoms with Crippen LogP contribution in [0.1, 0.15) is 106 Å².